The van der Waals surface area contributed by atoms with Crippen molar-refractivity contribution in [1.29, 1.82) is 0 Å². The van der Waals surface area contributed by atoms with E-state index in [1.807, 2.05) is 17.2 Å². The molecular formula is C27H31F3N4O2. The van der Waals surface area contributed by atoms with Crippen molar-refractivity contribution < 1.29 is 22.7 Å². The molecule has 6 nitrogen and oxygen atoms in total. The van der Waals surface area contributed by atoms with Crippen molar-refractivity contribution in [2.75, 3.05) is 39.4 Å². The van der Waals surface area contributed by atoms with Crippen molar-refractivity contribution in [2.45, 2.75) is 32.2 Å². The van der Waals surface area contributed by atoms with E-state index >= 15 is 0 Å². The average Bonchev–Trinajstić information content (AvgIpc) is 3.12. The molecule has 0 spiro atoms. The summed E-state index contributed by atoms with van der Waals surface area (Å²) in [5.41, 5.74) is 3.22. The molecule has 2 atom stereocenters. The molecule has 0 saturated carbocycles. The van der Waals surface area contributed by atoms with Gasteiger partial charge in [0.15, 0.2) is 0 Å². The van der Waals surface area contributed by atoms with Crippen LogP contribution in [-0.2, 0) is 17.8 Å². The van der Waals surface area contributed by atoms with Crippen LogP contribution in [0.2, 0.25) is 0 Å². The lowest BCUT2D eigenvalue weighted by Gasteiger charge is -2.32. The summed E-state index contributed by atoms with van der Waals surface area (Å²) in [6.45, 7) is 6.61. The fourth-order valence-electron chi connectivity index (χ4n) is 5.66. The lowest BCUT2D eigenvalue weighted by Crippen LogP contribution is -2.40. The van der Waals surface area contributed by atoms with Gasteiger partial charge in [-0.25, -0.2) is 0 Å². The number of nitrogens with zero attached hydrogens (tertiary/aromatic N) is 4. The van der Waals surface area contributed by atoms with Gasteiger partial charge >= 0.3 is 6.36 Å². The van der Waals surface area contributed by atoms with Crippen LogP contribution in [0.25, 0.3) is 6.08 Å². The molecule has 2 fully saturated rings. The van der Waals surface area contributed by atoms with Gasteiger partial charge in [-0.3, -0.25) is 19.6 Å². The van der Waals surface area contributed by atoms with Crippen molar-refractivity contribution in [3.05, 3.63) is 65.5 Å². The number of amides is 1. The first kappa shape index (κ1) is 24.8. The molecule has 5 rings (SSSR count). The summed E-state index contributed by atoms with van der Waals surface area (Å²) in [5, 5.41) is 0. The van der Waals surface area contributed by atoms with Crippen LogP contribution in [0.4, 0.5) is 13.2 Å². The van der Waals surface area contributed by atoms with Gasteiger partial charge in [0.05, 0.1) is 6.67 Å². The summed E-state index contributed by atoms with van der Waals surface area (Å²) < 4.78 is 40.8. The van der Waals surface area contributed by atoms with Crippen LogP contribution in [0.5, 0.6) is 5.75 Å². The molecule has 0 aliphatic carbocycles. The Kier molecular flexibility index (Phi) is 7.29. The van der Waals surface area contributed by atoms with E-state index in [0.29, 0.717) is 17.4 Å². The van der Waals surface area contributed by atoms with Crippen LogP contribution >= 0.6 is 0 Å². The molecule has 1 amide bonds. The SMILES string of the molecule is O=C(C=Cc1ccc(OC(F)(F)F)cc1)N1CCC2CN(CN3CCc4ncccc4C3)CC2CC1. The van der Waals surface area contributed by atoms with Crippen LogP contribution in [0.3, 0.4) is 0 Å². The molecule has 0 N–H and O–H groups in total. The molecule has 0 bridgehead atoms. The Morgan fingerprint density at radius 1 is 1.03 bits per heavy atom. The standard InChI is InChI=1S/C27H31F3N4O2/c28-27(29,30)36-24-6-3-20(4-7-24)5-8-26(35)34-14-9-21-16-33(17-22(21)10-15-34)19-32-13-11-25-23(18-32)2-1-12-31-25/h1-8,12,21-22H,9-11,13-19H2. The Labute approximate surface area is 209 Å². The van der Waals surface area contributed by atoms with Gasteiger partial charge in [0.25, 0.3) is 0 Å². The van der Waals surface area contributed by atoms with Gasteiger partial charge in [-0.15, -0.1) is 13.2 Å². The predicted molar refractivity (Wildman–Crippen MR) is 130 cm³/mol. The summed E-state index contributed by atoms with van der Waals surface area (Å²) in [6.07, 6.45) is 3.31. The molecule has 2 aromatic rings. The largest absolute Gasteiger partial charge is 0.573 e. The first-order valence-electron chi connectivity index (χ1n) is 12.5. The fraction of sp³-hybridized carbons (Fsp3) is 0.481. The lowest BCUT2D eigenvalue weighted by molar-refractivity contribution is -0.274. The molecule has 0 radical (unpaired) electrons. The summed E-state index contributed by atoms with van der Waals surface area (Å²) in [5.74, 6) is 0.877. The van der Waals surface area contributed by atoms with Gasteiger partial charge < -0.3 is 9.64 Å². The zero-order chi connectivity index (χ0) is 25.1. The van der Waals surface area contributed by atoms with Gasteiger partial charge in [0.2, 0.25) is 5.91 Å². The van der Waals surface area contributed by atoms with E-state index in [1.165, 1.54) is 41.6 Å². The molecule has 2 unspecified atom stereocenters. The van der Waals surface area contributed by atoms with E-state index in [1.54, 1.807) is 6.08 Å². The van der Waals surface area contributed by atoms with Gasteiger partial charge in [0.1, 0.15) is 5.75 Å². The Bertz CT molecular complexity index is 1070. The van der Waals surface area contributed by atoms with Crippen molar-refractivity contribution in [1.82, 2.24) is 19.7 Å². The second-order valence-corrected chi connectivity index (χ2v) is 9.96. The highest BCUT2D eigenvalue weighted by Gasteiger charge is 2.36. The third-order valence-corrected chi connectivity index (χ3v) is 7.48. The number of halogens is 3. The number of likely N-dealkylation sites (tertiary alicyclic amines) is 2. The van der Waals surface area contributed by atoms with Crippen LogP contribution < -0.4 is 4.74 Å². The summed E-state index contributed by atoms with van der Waals surface area (Å²) in [4.78, 5) is 24.3. The zero-order valence-corrected chi connectivity index (χ0v) is 20.2. The van der Waals surface area contributed by atoms with Crippen molar-refractivity contribution in [3.63, 3.8) is 0 Å². The van der Waals surface area contributed by atoms with Gasteiger partial charge in [-0.2, -0.15) is 0 Å². The fourth-order valence-corrected chi connectivity index (χ4v) is 5.66. The van der Waals surface area contributed by atoms with Crippen LogP contribution in [-0.4, -0.2) is 71.3 Å². The normalized spacial score (nSPS) is 23.4. The number of carbonyl (C=O) groups is 1. The van der Waals surface area contributed by atoms with E-state index in [4.69, 9.17) is 0 Å². The molecule has 2 saturated heterocycles. The number of benzene rings is 1. The number of aromatic nitrogens is 1. The smallest absolute Gasteiger partial charge is 0.406 e. The number of carbonyl (C=O) groups excluding carboxylic acids is 1. The first-order valence-corrected chi connectivity index (χ1v) is 12.5. The number of ether oxygens (including phenoxy) is 1. The summed E-state index contributed by atoms with van der Waals surface area (Å²) >= 11 is 0. The maximum atomic E-state index is 12.8. The van der Waals surface area contributed by atoms with Crippen LogP contribution in [0.15, 0.2) is 48.7 Å². The highest BCUT2D eigenvalue weighted by atomic mass is 19.4. The van der Waals surface area contributed by atoms with Gasteiger partial charge in [-0.05, 0) is 60.1 Å². The molecular weight excluding hydrogens is 469 g/mol. The monoisotopic (exact) mass is 500 g/mol. The van der Waals surface area contributed by atoms with E-state index in [9.17, 15) is 18.0 Å². The minimum Gasteiger partial charge on any atom is -0.406 e. The first-order chi connectivity index (χ1) is 17.3. The number of hydrogen-bond donors (Lipinski definition) is 0. The Hall–Kier alpha value is -2.91. The second kappa shape index (κ2) is 10.6. The molecule has 9 heteroatoms. The van der Waals surface area contributed by atoms with E-state index in [2.05, 4.69) is 25.6 Å². The third kappa shape index (κ3) is 6.25. The summed E-state index contributed by atoms with van der Waals surface area (Å²) in [6, 6.07) is 9.70. The molecule has 4 heterocycles. The Morgan fingerprint density at radius 2 is 1.75 bits per heavy atom. The predicted octanol–water partition coefficient (Wildman–Crippen LogP) is 4.18. The molecule has 3 aliphatic heterocycles. The van der Waals surface area contributed by atoms with Crippen LogP contribution in [0.1, 0.15) is 29.7 Å². The molecule has 192 valence electrons. The zero-order valence-electron chi connectivity index (χ0n) is 20.2. The van der Waals surface area contributed by atoms with E-state index in [0.717, 1.165) is 65.2 Å². The number of pyridine rings is 1. The highest BCUT2D eigenvalue weighted by molar-refractivity contribution is 5.91. The molecule has 1 aromatic heterocycles. The van der Waals surface area contributed by atoms with E-state index < -0.39 is 6.36 Å². The topological polar surface area (TPSA) is 48.9 Å². The minimum absolute atomic E-state index is 0.0527. The quantitative estimate of drug-likeness (QED) is 0.577. The number of rotatable bonds is 5. The average molecular weight is 501 g/mol. The third-order valence-electron chi connectivity index (χ3n) is 7.48. The van der Waals surface area contributed by atoms with Crippen molar-refractivity contribution >= 4 is 12.0 Å². The molecule has 36 heavy (non-hydrogen) atoms. The van der Waals surface area contributed by atoms with Gasteiger partial charge in [0, 0.05) is 63.7 Å². The minimum atomic E-state index is -4.72. The number of fused-ring (bicyclic) bond motifs is 2. The Morgan fingerprint density at radius 3 is 2.44 bits per heavy atom. The van der Waals surface area contributed by atoms with Gasteiger partial charge in [-0.1, -0.05) is 18.2 Å². The lowest BCUT2D eigenvalue weighted by atomic mass is 9.92. The summed E-state index contributed by atoms with van der Waals surface area (Å²) in [7, 11) is 0. The maximum Gasteiger partial charge on any atom is 0.573 e. The highest BCUT2D eigenvalue weighted by Crippen LogP contribution is 2.32. The second-order valence-electron chi connectivity index (χ2n) is 9.96. The Balaban J connectivity index is 1.09. The van der Waals surface area contributed by atoms with Crippen molar-refractivity contribution in [3.8, 4) is 5.75 Å². The van der Waals surface area contributed by atoms with E-state index in [-0.39, 0.29) is 11.7 Å². The molecule has 1 aromatic carbocycles. The number of alkyl halides is 3. The number of hydrogen-bond acceptors (Lipinski definition) is 5. The van der Waals surface area contributed by atoms with Crippen LogP contribution in [0, 0.1) is 11.8 Å². The maximum absolute atomic E-state index is 12.8. The molecule has 3 aliphatic rings. The van der Waals surface area contributed by atoms with Crippen molar-refractivity contribution in [2.24, 2.45) is 11.8 Å².